The van der Waals surface area contributed by atoms with Crippen molar-refractivity contribution in [3.8, 4) is 0 Å². The van der Waals surface area contributed by atoms with Gasteiger partial charge in [-0.15, -0.1) is 0 Å². The highest BCUT2D eigenvalue weighted by Gasteiger charge is 2.13. The van der Waals surface area contributed by atoms with E-state index in [4.69, 9.17) is 0 Å². The van der Waals surface area contributed by atoms with Gasteiger partial charge in [-0.3, -0.25) is 0 Å². The first-order valence-corrected chi connectivity index (χ1v) is 4.20. The van der Waals surface area contributed by atoms with Gasteiger partial charge in [0.15, 0.2) is 0 Å². The van der Waals surface area contributed by atoms with Crippen molar-refractivity contribution in [1.29, 1.82) is 0 Å². The van der Waals surface area contributed by atoms with Crippen molar-refractivity contribution >= 4 is 17.8 Å². The maximum absolute atomic E-state index is 9.66. The zero-order chi connectivity index (χ0) is 6.53. The molecule has 1 saturated heterocycles. The molecule has 1 fully saturated rings. The first-order valence-electron chi connectivity index (χ1n) is 3.05. The standard InChI is InChI=1S/C6H9NOS/c8-5-7-3-6-1-2-9-4-6/h6H,1-4H2. The number of rotatable bonds is 2. The first-order chi connectivity index (χ1) is 4.43. The van der Waals surface area contributed by atoms with Gasteiger partial charge in [-0.2, -0.15) is 11.8 Å². The molecule has 1 aliphatic heterocycles. The zero-order valence-corrected chi connectivity index (χ0v) is 5.99. The molecule has 9 heavy (non-hydrogen) atoms. The smallest absolute Gasteiger partial charge is 0.211 e. The second-order valence-corrected chi connectivity index (χ2v) is 3.31. The Morgan fingerprint density at radius 3 is 3.22 bits per heavy atom. The molecule has 0 aromatic carbocycles. The van der Waals surface area contributed by atoms with Crippen LogP contribution in [0.2, 0.25) is 0 Å². The summed E-state index contributed by atoms with van der Waals surface area (Å²) in [6.45, 7) is 0.691. The quantitative estimate of drug-likeness (QED) is 0.427. The summed E-state index contributed by atoms with van der Waals surface area (Å²) in [7, 11) is 0. The van der Waals surface area contributed by atoms with E-state index in [1.54, 1.807) is 6.08 Å². The molecule has 3 heteroatoms. The molecule has 0 amide bonds. The number of aliphatic imine (C=N–C) groups is 1. The van der Waals surface area contributed by atoms with Crippen LogP contribution in [0.3, 0.4) is 0 Å². The van der Waals surface area contributed by atoms with Gasteiger partial charge in [-0.25, -0.2) is 9.79 Å². The number of isocyanates is 1. The molecule has 0 radical (unpaired) electrons. The van der Waals surface area contributed by atoms with Gasteiger partial charge >= 0.3 is 0 Å². The summed E-state index contributed by atoms with van der Waals surface area (Å²) in [4.78, 5) is 13.2. The topological polar surface area (TPSA) is 29.4 Å². The van der Waals surface area contributed by atoms with E-state index >= 15 is 0 Å². The molecule has 0 aliphatic carbocycles. The second kappa shape index (κ2) is 3.70. The molecule has 1 unspecified atom stereocenters. The third-order valence-electron chi connectivity index (χ3n) is 1.44. The molecular formula is C6H9NOS. The molecule has 0 bridgehead atoms. The summed E-state index contributed by atoms with van der Waals surface area (Å²) in [5, 5.41) is 0. The predicted molar refractivity (Wildman–Crippen MR) is 38.4 cm³/mol. The van der Waals surface area contributed by atoms with Crippen LogP contribution in [-0.4, -0.2) is 24.1 Å². The molecule has 1 heterocycles. The van der Waals surface area contributed by atoms with Crippen molar-refractivity contribution in [1.82, 2.24) is 0 Å². The van der Waals surface area contributed by atoms with Crippen LogP contribution in [0.5, 0.6) is 0 Å². The summed E-state index contributed by atoms with van der Waals surface area (Å²) in [6.07, 6.45) is 2.78. The van der Waals surface area contributed by atoms with E-state index in [0.717, 1.165) is 0 Å². The van der Waals surface area contributed by atoms with Crippen molar-refractivity contribution < 1.29 is 4.79 Å². The number of thioether (sulfide) groups is 1. The average Bonchev–Trinajstić information content (AvgIpc) is 2.34. The number of hydrogen-bond acceptors (Lipinski definition) is 3. The first kappa shape index (κ1) is 6.84. The Labute approximate surface area is 58.7 Å². The van der Waals surface area contributed by atoms with E-state index in [1.165, 1.54) is 17.9 Å². The van der Waals surface area contributed by atoms with Gasteiger partial charge in [0.05, 0.1) is 6.54 Å². The fraction of sp³-hybridized carbons (Fsp3) is 0.833. The highest BCUT2D eigenvalue weighted by atomic mass is 32.2. The molecule has 1 aliphatic rings. The van der Waals surface area contributed by atoms with E-state index in [2.05, 4.69) is 4.99 Å². The molecular weight excluding hydrogens is 134 g/mol. The Kier molecular flexibility index (Phi) is 2.81. The Morgan fingerprint density at radius 1 is 1.78 bits per heavy atom. The van der Waals surface area contributed by atoms with Crippen molar-refractivity contribution in [2.24, 2.45) is 10.9 Å². The number of nitrogens with zero attached hydrogens (tertiary/aromatic N) is 1. The molecule has 0 saturated carbocycles. The van der Waals surface area contributed by atoms with E-state index < -0.39 is 0 Å². The lowest BCUT2D eigenvalue weighted by molar-refractivity contribution is 0.554. The Morgan fingerprint density at radius 2 is 2.67 bits per heavy atom. The maximum Gasteiger partial charge on any atom is 0.234 e. The van der Waals surface area contributed by atoms with Crippen molar-refractivity contribution in [2.75, 3.05) is 18.1 Å². The van der Waals surface area contributed by atoms with Gasteiger partial charge in [-0.05, 0) is 23.8 Å². The third kappa shape index (κ3) is 2.20. The van der Waals surface area contributed by atoms with Gasteiger partial charge in [0.1, 0.15) is 0 Å². The van der Waals surface area contributed by atoms with Crippen molar-refractivity contribution in [2.45, 2.75) is 6.42 Å². The van der Waals surface area contributed by atoms with Crippen LogP contribution >= 0.6 is 11.8 Å². The largest absolute Gasteiger partial charge is 0.234 e. The fourth-order valence-electron chi connectivity index (χ4n) is 0.894. The lowest BCUT2D eigenvalue weighted by Gasteiger charge is -1.98. The van der Waals surface area contributed by atoms with Crippen LogP contribution in [-0.2, 0) is 4.79 Å². The molecule has 50 valence electrons. The Hall–Kier alpha value is -0.270. The number of hydrogen-bond donors (Lipinski definition) is 0. The van der Waals surface area contributed by atoms with Gasteiger partial charge < -0.3 is 0 Å². The van der Waals surface area contributed by atoms with Crippen molar-refractivity contribution in [3.63, 3.8) is 0 Å². The highest BCUT2D eigenvalue weighted by Crippen LogP contribution is 2.22. The average molecular weight is 143 g/mol. The van der Waals surface area contributed by atoms with Gasteiger partial charge in [0.25, 0.3) is 0 Å². The minimum Gasteiger partial charge on any atom is -0.211 e. The monoisotopic (exact) mass is 143 g/mol. The molecule has 0 N–H and O–H groups in total. The highest BCUT2D eigenvalue weighted by molar-refractivity contribution is 7.99. The van der Waals surface area contributed by atoms with Gasteiger partial charge in [-0.1, -0.05) is 0 Å². The SMILES string of the molecule is O=C=NCC1CCSC1. The lowest BCUT2D eigenvalue weighted by Crippen LogP contribution is -2.01. The van der Waals surface area contributed by atoms with Crippen molar-refractivity contribution in [3.05, 3.63) is 0 Å². The molecule has 0 aromatic heterocycles. The molecule has 0 spiro atoms. The molecule has 2 nitrogen and oxygen atoms in total. The summed E-state index contributed by atoms with van der Waals surface area (Å²) in [5.41, 5.74) is 0. The molecule has 1 atom stereocenters. The van der Waals surface area contributed by atoms with Crippen LogP contribution in [0, 0.1) is 5.92 Å². The summed E-state index contributed by atoms with van der Waals surface area (Å²) in [6, 6.07) is 0. The Bertz CT molecular complexity index is 125. The summed E-state index contributed by atoms with van der Waals surface area (Å²) in [5.74, 6) is 3.06. The van der Waals surface area contributed by atoms with E-state index in [-0.39, 0.29) is 0 Å². The van der Waals surface area contributed by atoms with Crippen LogP contribution < -0.4 is 0 Å². The predicted octanol–water partition coefficient (Wildman–Crippen LogP) is 1.08. The minimum atomic E-state index is 0.649. The summed E-state index contributed by atoms with van der Waals surface area (Å²) >= 11 is 1.94. The van der Waals surface area contributed by atoms with E-state index in [9.17, 15) is 4.79 Å². The van der Waals surface area contributed by atoms with Crippen LogP contribution in [0.4, 0.5) is 0 Å². The summed E-state index contributed by atoms with van der Waals surface area (Å²) < 4.78 is 0. The fourth-order valence-corrected chi connectivity index (χ4v) is 2.17. The van der Waals surface area contributed by atoms with E-state index in [0.29, 0.717) is 12.5 Å². The maximum atomic E-state index is 9.66. The van der Waals surface area contributed by atoms with Gasteiger partial charge in [0, 0.05) is 0 Å². The minimum absolute atomic E-state index is 0.649. The van der Waals surface area contributed by atoms with Gasteiger partial charge in [0.2, 0.25) is 6.08 Å². The normalized spacial score (nSPS) is 25.6. The van der Waals surface area contributed by atoms with Crippen LogP contribution in [0.15, 0.2) is 4.99 Å². The third-order valence-corrected chi connectivity index (χ3v) is 2.67. The molecule has 0 aromatic rings. The Balaban J connectivity index is 2.18. The molecule has 1 rings (SSSR count). The van der Waals surface area contributed by atoms with E-state index in [1.807, 2.05) is 11.8 Å². The zero-order valence-electron chi connectivity index (χ0n) is 5.17. The lowest BCUT2D eigenvalue weighted by atomic mass is 10.1. The van der Waals surface area contributed by atoms with Crippen LogP contribution in [0.1, 0.15) is 6.42 Å². The van der Waals surface area contributed by atoms with Crippen LogP contribution in [0.25, 0.3) is 0 Å². The second-order valence-electron chi connectivity index (χ2n) is 2.16. The number of carbonyl (C=O) groups excluding carboxylic acids is 1.